The van der Waals surface area contributed by atoms with E-state index in [1.807, 2.05) is 0 Å². The van der Waals surface area contributed by atoms with Crippen LogP contribution in [0.3, 0.4) is 0 Å². The Morgan fingerprint density at radius 1 is 1.33 bits per heavy atom. The summed E-state index contributed by atoms with van der Waals surface area (Å²) in [5.41, 5.74) is 1.41. The first-order valence-corrected chi connectivity index (χ1v) is 8.62. The molecule has 21 heavy (non-hydrogen) atoms. The molecule has 0 spiro atoms. The van der Waals surface area contributed by atoms with E-state index in [1.165, 1.54) is 29.4 Å². The molecule has 114 valence electrons. The maximum absolute atomic E-state index is 12.0. The Balaban J connectivity index is 2.62. The van der Waals surface area contributed by atoms with Gasteiger partial charge in [0.05, 0.1) is 17.2 Å². The van der Waals surface area contributed by atoms with Crippen LogP contribution in [0.4, 0.5) is 0 Å². The van der Waals surface area contributed by atoms with Crippen LogP contribution >= 0.6 is 11.8 Å². The molecule has 1 aromatic carbocycles. The summed E-state index contributed by atoms with van der Waals surface area (Å²) in [7, 11) is -3.52. The largest absolute Gasteiger partial charge is 0.295 e. The van der Waals surface area contributed by atoms with E-state index < -0.39 is 15.7 Å². The first-order valence-electron chi connectivity index (χ1n) is 5.98. The standard InChI is InChI=1S/C13H16N2O4S2/c1-2-3-8-20-11-4-6-12(7-5-11)21(18,19)10-14-9-13(16)15-17/h4-7,14,17H,8-10H2,1H3,(H,15,16). The highest BCUT2D eigenvalue weighted by molar-refractivity contribution is 7.99. The number of thioether (sulfide) groups is 1. The third-order valence-corrected chi connectivity index (χ3v) is 4.84. The number of benzene rings is 1. The average molecular weight is 328 g/mol. The summed E-state index contributed by atoms with van der Waals surface area (Å²) in [4.78, 5) is 11.9. The van der Waals surface area contributed by atoms with Crippen LogP contribution in [-0.2, 0) is 14.6 Å². The molecule has 1 rings (SSSR count). The third-order valence-electron chi connectivity index (χ3n) is 2.37. The zero-order chi connectivity index (χ0) is 15.7. The lowest BCUT2D eigenvalue weighted by Crippen LogP contribution is -2.34. The first kappa shape index (κ1) is 17.5. The lowest BCUT2D eigenvalue weighted by molar-refractivity contribution is -0.128. The fourth-order valence-electron chi connectivity index (χ4n) is 1.36. The van der Waals surface area contributed by atoms with Crippen molar-refractivity contribution in [2.45, 2.75) is 16.7 Å². The van der Waals surface area contributed by atoms with Crippen molar-refractivity contribution in [1.29, 1.82) is 0 Å². The molecule has 6 nitrogen and oxygen atoms in total. The van der Waals surface area contributed by atoms with Crippen molar-refractivity contribution in [3.8, 4) is 11.8 Å². The van der Waals surface area contributed by atoms with Crippen molar-refractivity contribution < 1.29 is 18.4 Å². The molecule has 0 heterocycles. The van der Waals surface area contributed by atoms with Crippen molar-refractivity contribution in [3.63, 3.8) is 0 Å². The van der Waals surface area contributed by atoms with Crippen LogP contribution in [0.5, 0.6) is 0 Å². The smallest absolute Gasteiger partial charge is 0.257 e. The summed E-state index contributed by atoms with van der Waals surface area (Å²) in [6.07, 6.45) is 0. The molecule has 0 aliphatic rings. The van der Waals surface area contributed by atoms with Gasteiger partial charge in [-0.1, -0.05) is 5.92 Å². The Bertz CT molecular complexity index is 630. The van der Waals surface area contributed by atoms with Crippen molar-refractivity contribution >= 4 is 27.5 Å². The normalized spacial score (nSPS) is 10.6. The number of carbonyl (C=O) groups is 1. The van der Waals surface area contributed by atoms with Crippen molar-refractivity contribution in [3.05, 3.63) is 24.3 Å². The molecule has 0 aliphatic carbocycles. The van der Waals surface area contributed by atoms with Gasteiger partial charge in [0.1, 0.15) is 5.88 Å². The molecule has 1 amide bonds. The number of hydrogen-bond donors (Lipinski definition) is 3. The minimum atomic E-state index is -3.52. The molecule has 8 heteroatoms. The second-order valence-electron chi connectivity index (χ2n) is 3.91. The highest BCUT2D eigenvalue weighted by Crippen LogP contribution is 2.20. The van der Waals surface area contributed by atoms with Crippen molar-refractivity contribution in [2.24, 2.45) is 0 Å². The monoisotopic (exact) mass is 328 g/mol. The van der Waals surface area contributed by atoms with Gasteiger partial charge < -0.3 is 0 Å². The lowest BCUT2D eigenvalue weighted by atomic mass is 10.4. The molecule has 0 unspecified atom stereocenters. The number of carbonyl (C=O) groups excluding carboxylic acids is 1. The Hall–Kier alpha value is -1.53. The van der Waals surface area contributed by atoms with Gasteiger partial charge in [0.15, 0.2) is 9.84 Å². The Morgan fingerprint density at radius 2 is 2.00 bits per heavy atom. The molecule has 0 radical (unpaired) electrons. The van der Waals surface area contributed by atoms with Crippen LogP contribution in [0.2, 0.25) is 0 Å². The topological polar surface area (TPSA) is 95.5 Å². The summed E-state index contributed by atoms with van der Waals surface area (Å²) in [6.45, 7) is 1.49. The Kier molecular flexibility index (Phi) is 7.25. The number of hydrogen-bond acceptors (Lipinski definition) is 6. The minimum Gasteiger partial charge on any atom is -0.295 e. The number of nitrogens with one attached hydrogen (secondary N) is 2. The highest BCUT2D eigenvalue weighted by atomic mass is 32.2. The van der Waals surface area contributed by atoms with E-state index in [1.54, 1.807) is 19.1 Å². The Morgan fingerprint density at radius 3 is 2.57 bits per heavy atom. The second kappa shape index (κ2) is 8.69. The summed E-state index contributed by atoms with van der Waals surface area (Å²) in [5.74, 6) is 5.27. The minimum absolute atomic E-state index is 0.172. The molecule has 0 atom stereocenters. The molecule has 1 aromatic rings. The predicted molar refractivity (Wildman–Crippen MR) is 80.6 cm³/mol. The fourth-order valence-corrected chi connectivity index (χ4v) is 3.16. The molecular weight excluding hydrogens is 312 g/mol. The van der Waals surface area contributed by atoms with E-state index in [4.69, 9.17) is 5.21 Å². The van der Waals surface area contributed by atoms with Crippen LogP contribution < -0.4 is 10.8 Å². The van der Waals surface area contributed by atoms with Gasteiger partial charge in [-0.25, -0.2) is 13.9 Å². The molecule has 3 N–H and O–H groups in total. The van der Waals surface area contributed by atoms with Crippen molar-refractivity contribution in [2.75, 3.05) is 18.2 Å². The summed E-state index contributed by atoms with van der Waals surface area (Å²) in [6, 6.07) is 6.47. The number of rotatable bonds is 7. The van der Waals surface area contributed by atoms with E-state index in [0.29, 0.717) is 5.75 Å². The molecule has 0 saturated carbocycles. The quantitative estimate of drug-likeness (QED) is 0.294. The second-order valence-corrected chi connectivity index (χ2v) is 6.95. The zero-order valence-corrected chi connectivity index (χ0v) is 13.1. The van der Waals surface area contributed by atoms with E-state index in [9.17, 15) is 13.2 Å². The van der Waals surface area contributed by atoms with Crippen LogP contribution in [0.25, 0.3) is 0 Å². The average Bonchev–Trinajstić information content (AvgIpc) is 2.47. The van der Waals surface area contributed by atoms with Crippen LogP contribution in [0.15, 0.2) is 34.1 Å². The van der Waals surface area contributed by atoms with E-state index in [2.05, 4.69) is 17.2 Å². The summed E-state index contributed by atoms with van der Waals surface area (Å²) >= 11 is 1.52. The molecular formula is C13H16N2O4S2. The van der Waals surface area contributed by atoms with Gasteiger partial charge in [0.25, 0.3) is 5.91 Å². The maximum atomic E-state index is 12.0. The lowest BCUT2D eigenvalue weighted by Gasteiger charge is -2.06. The van der Waals surface area contributed by atoms with E-state index >= 15 is 0 Å². The van der Waals surface area contributed by atoms with Gasteiger partial charge in [-0.2, -0.15) is 0 Å². The molecule has 0 saturated heterocycles. The molecule has 0 aliphatic heterocycles. The third kappa shape index (κ3) is 6.18. The zero-order valence-electron chi connectivity index (χ0n) is 11.4. The summed E-state index contributed by atoms with van der Waals surface area (Å²) < 4.78 is 24.0. The fraction of sp³-hybridized carbons (Fsp3) is 0.308. The number of sulfone groups is 1. The van der Waals surface area contributed by atoms with Gasteiger partial charge >= 0.3 is 0 Å². The highest BCUT2D eigenvalue weighted by Gasteiger charge is 2.14. The van der Waals surface area contributed by atoms with Gasteiger partial charge in [0, 0.05) is 4.90 Å². The molecule has 0 aromatic heterocycles. The molecule has 0 fully saturated rings. The van der Waals surface area contributed by atoms with E-state index in [0.717, 1.165) is 4.90 Å². The SMILES string of the molecule is CC#CCSc1ccc(S(=O)(=O)CNCC(=O)NO)cc1. The van der Waals surface area contributed by atoms with Gasteiger partial charge in [-0.05, 0) is 31.2 Å². The van der Waals surface area contributed by atoms with Gasteiger partial charge in [0.2, 0.25) is 0 Å². The van der Waals surface area contributed by atoms with Crippen molar-refractivity contribution in [1.82, 2.24) is 10.8 Å². The maximum Gasteiger partial charge on any atom is 0.257 e. The summed E-state index contributed by atoms with van der Waals surface area (Å²) in [5, 5.41) is 10.7. The van der Waals surface area contributed by atoms with Gasteiger partial charge in [-0.3, -0.25) is 15.3 Å². The number of hydroxylamine groups is 1. The van der Waals surface area contributed by atoms with Crippen LogP contribution in [0.1, 0.15) is 6.92 Å². The number of amides is 1. The molecule has 0 bridgehead atoms. The van der Waals surface area contributed by atoms with Gasteiger partial charge in [-0.15, -0.1) is 17.7 Å². The van der Waals surface area contributed by atoms with E-state index in [-0.39, 0.29) is 17.3 Å². The van der Waals surface area contributed by atoms with Crippen LogP contribution in [-0.4, -0.2) is 37.7 Å². The first-order chi connectivity index (χ1) is 9.99. The predicted octanol–water partition coefficient (Wildman–Crippen LogP) is 0.628. The Labute approximate surface area is 128 Å². The van der Waals surface area contributed by atoms with Crippen LogP contribution in [0, 0.1) is 11.8 Å².